The van der Waals surface area contributed by atoms with Gasteiger partial charge in [-0.1, -0.05) is 13.8 Å². The van der Waals surface area contributed by atoms with Crippen molar-refractivity contribution in [3.05, 3.63) is 24.3 Å². The van der Waals surface area contributed by atoms with Gasteiger partial charge in [-0.25, -0.2) is 16.8 Å². The molecule has 1 aromatic carbocycles. The molecule has 130 valence electrons. The molecular weight excluding hydrogens is 338 g/mol. The van der Waals surface area contributed by atoms with Crippen LogP contribution in [0.2, 0.25) is 0 Å². The lowest BCUT2D eigenvalue weighted by molar-refractivity contribution is 0.309. The van der Waals surface area contributed by atoms with E-state index in [1.165, 1.54) is 16.4 Å². The minimum atomic E-state index is -3.64. The molecule has 1 aliphatic rings. The molecule has 23 heavy (non-hydrogen) atoms. The maximum Gasteiger partial charge on any atom is 0.243 e. The van der Waals surface area contributed by atoms with E-state index in [4.69, 9.17) is 4.74 Å². The van der Waals surface area contributed by atoms with Crippen molar-refractivity contribution in [2.75, 3.05) is 25.4 Å². The highest BCUT2D eigenvalue weighted by atomic mass is 32.2. The van der Waals surface area contributed by atoms with Gasteiger partial charge in [-0.15, -0.1) is 0 Å². The third-order valence-corrected chi connectivity index (χ3v) is 7.95. The van der Waals surface area contributed by atoms with Crippen LogP contribution in [-0.4, -0.2) is 51.8 Å². The molecule has 0 aromatic heterocycles. The van der Waals surface area contributed by atoms with Crippen LogP contribution < -0.4 is 4.74 Å². The van der Waals surface area contributed by atoms with Crippen LogP contribution in [0.15, 0.2) is 29.2 Å². The van der Waals surface area contributed by atoms with Gasteiger partial charge in [-0.2, -0.15) is 4.31 Å². The number of rotatable bonds is 7. The van der Waals surface area contributed by atoms with E-state index in [1.54, 1.807) is 12.1 Å². The van der Waals surface area contributed by atoms with Gasteiger partial charge in [0.25, 0.3) is 0 Å². The maximum absolute atomic E-state index is 12.5. The first-order valence-electron chi connectivity index (χ1n) is 7.61. The van der Waals surface area contributed by atoms with Gasteiger partial charge in [0, 0.05) is 13.1 Å². The summed E-state index contributed by atoms with van der Waals surface area (Å²) in [6.45, 7) is 6.10. The molecular formula is C15H23NO5S2. The van der Waals surface area contributed by atoms with Gasteiger partial charge in [0.15, 0.2) is 9.84 Å². The smallest absolute Gasteiger partial charge is 0.243 e. The second kappa shape index (κ2) is 6.78. The quantitative estimate of drug-likeness (QED) is 0.736. The van der Waals surface area contributed by atoms with Gasteiger partial charge in [0.1, 0.15) is 5.75 Å². The number of ether oxygens (including phenoxy) is 1. The molecule has 1 heterocycles. The standard InChI is InChI=1S/C15H23NO5S2/c1-4-21-13-5-7-14(8-6-13)23(19,20)16-9-15(10-16)22(17,18)11-12(2)3/h5-8,12,15H,4,9-11H2,1-3H3. The summed E-state index contributed by atoms with van der Waals surface area (Å²) in [5.74, 6) is 0.735. The predicted molar refractivity (Wildman–Crippen MR) is 88.8 cm³/mol. The summed E-state index contributed by atoms with van der Waals surface area (Å²) in [6, 6.07) is 6.17. The topological polar surface area (TPSA) is 80.8 Å². The molecule has 0 bridgehead atoms. The van der Waals surface area contributed by atoms with Gasteiger partial charge in [-0.05, 0) is 37.1 Å². The van der Waals surface area contributed by atoms with Crippen molar-refractivity contribution in [1.29, 1.82) is 0 Å². The third-order valence-electron chi connectivity index (χ3n) is 3.66. The molecule has 0 spiro atoms. The minimum Gasteiger partial charge on any atom is -0.494 e. The van der Waals surface area contributed by atoms with Crippen molar-refractivity contribution in [3.63, 3.8) is 0 Å². The highest BCUT2D eigenvalue weighted by molar-refractivity contribution is 7.92. The van der Waals surface area contributed by atoms with E-state index in [9.17, 15) is 16.8 Å². The molecule has 0 amide bonds. The van der Waals surface area contributed by atoms with Crippen LogP contribution in [0.5, 0.6) is 5.75 Å². The summed E-state index contributed by atoms with van der Waals surface area (Å²) in [7, 11) is -6.88. The van der Waals surface area contributed by atoms with E-state index in [2.05, 4.69) is 0 Å². The van der Waals surface area contributed by atoms with Crippen molar-refractivity contribution < 1.29 is 21.6 Å². The van der Waals surface area contributed by atoms with Crippen LogP contribution in [0, 0.1) is 5.92 Å². The number of benzene rings is 1. The Kier molecular flexibility index (Phi) is 5.37. The fourth-order valence-corrected chi connectivity index (χ4v) is 6.18. The van der Waals surface area contributed by atoms with Crippen LogP contribution in [0.3, 0.4) is 0 Å². The first kappa shape index (κ1) is 18.2. The van der Waals surface area contributed by atoms with E-state index in [1.807, 2.05) is 20.8 Å². The summed E-state index contributed by atoms with van der Waals surface area (Å²) in [6.07, 6.45) is 0. The Morgan fingerprint density at radius 2 is 1.70 bits per heavy atom. The normalized spacial score (nSPS) is 17.2. The largest absolute Gasteiger partial charge is 0.494 e. The second-order valence-corrected chi connectivity index (χ2v) is 10.3. The lowest BCUT2D eigenvalue weighted by Crippen LogP contribution is -2.57. The third kappa shape index (κ3) is 4.05. The predicted octanol–water partition coefficient (Wildman–Crippen LogP) is 1.53. The van der Waals surface area contributed by atoms with Crippen LogP contribution >= 0.6 is 0 Å². The summed E-state index contributed by atoms with van der Waals surface area (Å²) in [5.41, 5.74) is 0. The SMILES string of the molecule is CCOc1ccc(S(=O)(=O)N2CC(S(=O)(=O)CC(C)C)C2)cc1. The van der Waals surface area contributed by atoms with Gasteiger partial charge >= 0.3 is 0 Å². The molecule has 1 aromatic rings. The average molecular weight is 361 g/mol. The highest BCUT2D eigenvalue weighted by Crippen LogP contribution is 2.27. The maximum atomic E-state index is 12.5. The molecule has 0 N–H and O–H groups in total. The zero-order valence-electron chi connectivity index (χ0n) is 13.6. The molecule has 0 saturated carbocycles. The van der Waals surface area contributed by atoms with Crippen LogP contribution in [-0.2, 0) is 19.9 Å². The number of sulfonamides is 1. The van der Waals surface area contributed by atoms with E-state index in [-0.39, 0.29) is 29.7 Å². The summed E-state index contributed by atoms with van der Waals surface area (Å²) in [4.78, 5) is 0.153. The molecule has 1 aliphatic heterocycles. The summed E-state index contributed by atoms with van der Waals surface area (Å²) < 4.78 is 55.7. The molecule has 0 aliphatic carbocycles. The lowest BCUT2D eigenvalue weighted by Gasteiger charge is -2.37. The van der Waals surface area contributed by atoms with Crippen LogP contribution in [0.4, 0.5) is 0 Å². The number of sulfone groups is 1. The fourth-order valence-electron chi connectivity index (χ4n) is 2.45. The van der Waals surface area contributed by atoms with Gasteiger partial charge < -0.3 is 4.74 Å². The number of nitrogens with zero attached hydrogens (tertiary/aromatic N) is 1. The monoisotopic (exact) mass is 361 g/mol. The first-order chi connectivity index (χ1) is 10.7. The van der Waals surface area contributed by atoms with Gasteiger partial charge in [0.05, 0.1) is 22.5 Å². The van der Waals surface area contributed by atoms with Crippen molar-refractivity contribution in [1.82, 2.24) is 4.31 Å². The van der Waals surface area contributed by atoms with Crippen molar-refractivity contribution in [2.24, 2.45) is 5.92 Å². The number of hydrogen-bond acceptors (Lipinski definition) is 5. The summed E-state index contributed by atoms with van der Waals surface area (Å²) in [5, 5.41) is -0.595. The van der Waals surface area contributed by atoms with Gasteiger partial charge in [-0.3, -0.25) is 0 Å². The molecule has 1 fully saturated rings. The Hall–Kier alpha value is -1.12. The van der Waals surface area contributed by atoms with E-state index in [0.717, 1.165) is 0 Å². The second-order valence-electron chi connectivity index (χ2n) is 6.07. The zero-order chi connectivity index (χ0) is 17.3. The average Bonchev–Trinajstić information content (AvgIpc) is 2.35. The Balaban J connectivity index is 2.06. The Morgan fingerprint density at radius 1 is 1.13 bits per heavy atom. The van der Waals surface area contributed by atoms with E-state index < -0.39 is 25.1 Å². The van der Waals surface area contributed by atoms with E-state index >= 15 is 0 Å². The molecule has 0 radical (unpaired) electrons. The first-order valence-corrected chi connectivity index (χ1v) is 10.8. The fraction of sp³-hybridized carbons (Fsp3) is 0.600. The van der Waals surface area contributed by atoms with E-state index in [0.29, 0.717) is 12.4 Å². The highest BCUT2D eigenvalue weighted by Gasteiger charge is 2.43. The molecule has 1 saturated heterocycles. The van der Waals surface area contributed by atoms with Crippen molar-refractivity contribution >= 4 is 19.9 Å². The molecule has 2 rings (SSSR count). The molecule has 0 atom stereocenters. The number of hydrogen-bond donors (Lipinski definition) is 0. The van der Waals surface area contributed by atoms with Crippen LogP contribution in [0.25, 0.3) is 0 Å². The Labute approximate surface area is 138 Å². The van der Waals surface area contributed by atoms with Crippen molar-refractivity contribution in [2.45, 2.75) is 30.9 Å². The van der Waals surface area contributed by atoms with Crippen LogP contribution in [0.1, 0.15) is 20.8 Å². The van der Waals surface area contributed by atoms with Crippen molar-refractivity contribution in [3.8, 4) is 5.75 Å². The lowest BCUT2D eigenvalue weighted by atomic mass is 10.3. The summed E-state index contributed by atoms with van der Waals surface area (Å²) >= 11 is 0. The minimum absolute atomic E-state index is 0.0323. The molecule has 6 nitrogen and oxygen atoms in total. The molecule has 8 heteroatoms. The Bertz CT molecular complexity index is 733. The molecule has 0 unspecified atom stereocenters. The Morgan fingerprint density at radius 3 is 2.17 bits per heavy atom. The van der Waals surface area contributed by atoms with Gasteiger partial charge in [0.2, 0.25) is 10.0 Å². The zero-order valence-corrected chi connectivity index (χ0v) is 15.2.